The first-order valence-corrected chi connectivity index (χ1v) is 8.00. The fraction of sp³-hybridized carbons (Fsp3) is 0.529. The van der Waals surface area contributed by atoms with Crippen LogP contribution in [0.5, 0.6) is 0 Å². The smallest absolute Gasteiger partial charge is 0.222 e. The van der Waals surface area contributed by atoms with Crippen molar-refractivity contribution in [3.8, 4) is 0 Å². The van der Waals surface area contributed by atoms with E-state index in [0.717, 1.165) is 30.5 Å². The predicted molar refractivity (Wildman–Crippen MR) is 89.3 cm³/mol. The summed E-state index contributed by atoms with van der Waals surface area (Å²) in [6.07, 6.45) is 2.68. The summed E-state index contributed by atoms with van der Waals surface area (Å²) in [4.78, 5) is 17.9. The lowest BCUT2D eigenvalue weighted by atomic mass is 10.1. The van der Waals surface area contributed by atoms with Crippen LogP contribution in [0, 0.1) is 0 Å². The molecule has 2 rings (SSSR count). The average Bonchev–Trinajstić information content (AvgIpc) is 2.91. The minimum atomic E-state index is 0.262. The summed E-state index contributed by atoms with van der Waals surface area (Å²) in [5, 5.41) is 3.15. The number of hydrogen-bond donors (Lipinski definition) is 2. The lowest BCUT2D eigenvalue weighted by molar-refractivity contribution is -0.128. The van der Waals surface area contributed by atoms with Crippen LogP contribution in [-0.4, -0.2) is 29.4 Å². The van der Waals surface area contributed by atoms with E-state index in [1.54, 1.807) is 0 Å². The molecule has 0 aliphatic carbocycles. The molecule has 1 aliphatic rings. The van der Waals surface area contributed by atoms with Crippen LogP contribution < -0.4 is 11.1 Å². The second-order valence-corrected chi connectivity index (χ2v) is 5.89. The van der Waals surface area contributed by atoms with E-state index in [1.165, 1.54) is 0 Å². The van der Waals surface area contributed by atoms with E-state index in [9.17, 15) is 4.79 Å². The molecule has 0 spiro atoms. The molecule has 0 aromatic heterocycles. The SMILES string of the molecule is CCC(C)NC(N)=NCc1ccc(CN2CCCC2=O)cc1. The Kier molecular flexibility index (Phi) is 5.81. The number of amides is 1. The second-order valence-electron chi connectivity index (χ2n) is 5.89. The number of nitrogens with zero attached hydrogens (tertiary/aromatic N) is 2. The molecule has 120 valence electrons. The van der Waals surface area contributed by atoms with Gasteiger partial charge in [0.15, 0.2) is 5.96 Å². The van der Waals surface area contributed by atoms with Gasteiger partial charge in [-0.2, -0.15) is 0 Å². The Bertz CT molecular complexity index is 524. The minimum Gasteiger partial charge on any atom is -0.370 e. The Morgan fingerprint density at radius 1 is 1.36 bits per heavy atom. The molecule has 22 heavy (non-hydrogen) atoms. The standard InChI is InChI=1S/C17H26N4O/c1-3-13(2)20-17(18)19-11-14-6-8-15(9-7-14)12-21-10-4-5-16(21)22/h6-9,13H,3-5,10-12H2,1-2H3,(H3,18,19,20). The highest BCUT2D eigenvalue weighted by Gasteiger charge is 2.19. The molecular formula is C17H26N4O. The van der Waals surface area contributed by atoms with E-state index >= 15 is 0 Å². The maximum atomic E-state index is 11.6. The predicted octanol–water partition coefficient (Wildman–Crippen LogP) is 2.01. The first-order chi connectivity index (χ1) is 10.6. The molecule has 5 heteroatoms. The molecule has 0 radical (unpaired) electrons. The van der Waals surface area contributed by atoms with Crippen LogP contribution in [0.25, 0.3) is 0 Å². The molecule has 0 saturated carbocycles. The number of benzene rings is 1. The number of carbonyl (C=O) groups is 1. The monoisotopic (exact) mass is 302 g/mol. The number of guanidine groups is 1. The zero-order valence-electron chi connectivity index (χ0n) is 13.5. The molecule has 1 aromatic rings. The highest BCUT2D eigenvalue weighted by Crippen LogP contribution is 2.15. The van der Waals surface area contributed by atoms with Crippen molar-refractivity contribution in [3.63, 3.8) is 0 Å². The van der Waals surface area contributed by atoms with E-state index in [1.807, 2.05) is 4.90 Å². The second kappa shape index (κ2) is 7.82. The van der Waals surface area contributed by atoms with Crippen LogP contribution in [0.1, 0.15) is 44.2 Å². The topological polar surface area (TPSA) is 70.7 Å². The first-order valence-electron chi connectivity index (χ1n) is 8.00. The van der Waals surface area contributed by atoms with Crippen molar-refractivity contribution in [2.45, 2.75) is 52.2 Å². The van der Waals surface area contributed by atoms with E-state index in [2.05, 4.69) is 48.4 Å². The van der Waals surface area contributed by atoms with Gasteiger partial charge in [-0.15, -0.1) is 0 Å². The van der Waals surface area contributed by atoms with Crippen molar-refractivity contribution in [1.82, 2.24) is 10.2 Å². The van der Waals surface area contributed by atoms with E-state index in [4.69, 9.17) is 5.73 Å². The molecule has 1 heterocycles. The van der Waals surface area contributed by atoms with Crippen LogP contribution in [0.4, 0.5) is 0 Å². The van der Waals surface area contributed by atoms with E-state index in [0.29, 0.717) is 31.5 Å². The maximum Gasteiger partial charge on any atom is 0.222 e. The molecule has 3 N–H and O–H groups in total. The number of nitrogens with one attached hydrogen (secondary N) is 1. The largest absolute Gasteiger partial charge is 0.370 e. The summed E-state index contributed by atoms with van der Waals surface area (Å²) < 4.78 is 0. The first kappa shape index (κ1) is 16.3. The van der Waals surface area contributed by atoms with Gasteiger partial charge in [-0.05, 0) is 30.9 Å². The van der Waals surface area contributed by atoms with Gasteiger partial charge >= 0.3 is 0 Å². The normalized spacial score (nSPS) is 16.9. The molecule has 1 saturated heterocycles. The minimum absolute atomic E-state index is 0.262. The average molecular weight is 302 g/mol. The molecule has 0 bridgehead atoms. The van der Waals surface area contributed by atoms with Gasteiger partial charge in [0.1, 0.15) is 0 Å². The van der Waals surface area contributed by atoms with E-state index < -0.39 is 0 Å². The lowest BCUT2D eigenvalue weighted by Gasteiger charge is -2.15. The molecule has 1 fully saturated rings. The van der Waals surface area contributed by atoms with Crippen molar-refractivity contribution in [2.75, 3.05) is 6.54 Å². The van der Waals surface area contributed by atoms with Crippen LogP contribution in [0.2, 0.25) is 0 Å². The third kappa shape index (κ3) is 4.76. The van der Waals surface area contributed by atoms with Gasteiger partial charge in [0, 0.05) is 25.6 Å². The summed E-state index contributed by atoms with van der Waals surface area (Å²) in [5.74, 6) is 0.749. The summed E-state index contributed by atoms with van der Waals surface area (Å²) >= 11 is 0. The summed E-state index contributed by atoms with van der Waals surface area (Å²) in [7, 11) is 0. The van der Waals surface area contributed by atoms with Crippen molar-refractivity contribution in [3.05, 3.63) is 35.4 Å². The van der Waals surface area contributed by atoms with Gasteiger partial charge in [-0.1, -0.05) is 31.2 Å². The van der Waals surface area contributed by atoms with Gasteiger partial charge in [0.2, 0.25) is 5.91 Å². The summed E-state index contributed by atoms with van der Waals surface area (Å²) in [5.41, 5.74) is 8.12. The van der Waals surface area contributed by atoms with Gasteiger partial charge in [-0.25, -0.2) is 4.99 Å². The zero-order chi connectivity index (χ0) is 15.9. The Labute approximate surface area is 132 Å². The molecule has 5 nitrogen and oxygen atoms in total. The lowest BCUT2D eigenvalue weighted by Crippen LogP contribution is -2.38. The van der Waals surface area contributed by atoms with Crippen molar-refractivity contribution >= 4 is 11.9 Å². The fourth-order valence-electron chi connectivity index (χ4n) is 2.42. The number of hydrogen-bond acceptors (Lipinski definition) is 2. The van der Waals surface area contributed by atoms with Gasteiger partial charge in [-0.3, -0.25) is 4.79 Å². The highest BCUT2D eigenvalue weighted by atomic mass is 16.2. The number of rotatable bonds is 6. The Morgan fingerprint density at radius 2 is 2.05 bits per heavy atom. The summed E-state index contributed by atoms with van der Waals surface area (Å²) in [6, 6.07) is 8.57. The van der Waals surface area contributed by atoms with Crippen molar-refractivity contribution in [2.24, 2.45) is 10.7 Å². The Balaban J connectivity index is 1.86. The summed E-state index contributed by atoms with van der Waals surface area (Å²) in [6.45, 7) is 6.34. The van der Waals surface area contributed by atoms with E-state index in [-0.39, 0.29) is 5.91 Å². The van der Waals surface area contributed by atoms with Crippen molar-refractivity contribution in [1.29, 1.82) is 0 Å². The highest BCUT2D eigenvalue weighted by molar-refractivity contribution is 5.78. The van der Waals surface area contributed by atoms with Crippen LogP contribution in [-0.2, 0) is 17.9 Å². The molecular weight excluding hydrogens is 276 g/mol. The van der Waals surface area contributed by atoms with Crippen LogP contribution >= 0.6 is 0 Å². The zero-order valence-corrected chi connectivity index (χ0v) is 13.5. The maximum absolute atomic E-state index is 11.6. The van der Waals surface area contributed by atoms with Gasteiger partial charge < -0.3 is 16.0 Å². The Hall–Kier alpha value is -2.04. The molecule has 1 amide bonds. The molecule has 1 atom stereocenters. The third-order valence-corrected chi connectivity index (χ3v) is 4.01. The van der Waals surface area contributed by atoms with Crippen LogP contribution in [0.3, 0.4) is 0 Å². The molecule has 1 aliphatic heterocycles. The Morgan fingerprint density at radius 3 is 2.64 bits per heavy atom. The van der Waals surface area contributed by atoms with Gasteiger partial charge in [0.05, 0.1) is 6.54 Å². The van der Waals surface area contributed by atoms with Crippen molar-refractivity contribution < 1.29 is 4.79 Å². The van der Waals surface area contributed by atoms with Crippen LogP contribution in [0.15, 0.2) is 29.3 Å². The third-order valence-electron chi connectivity index (χ3n) is 4.01. The fourth-order valence-corrected chi connectivity index (χ4v) is 2.42. The van der Waals surface area contributed by atoms with Gasteiger partial charge in [0.25, 0.3) is 0 Å². The number of nitrogens with two attached hydrogens (primary N) is 1. The quantitative estimate of drug-likeness (QED) is 0.624. The number of likely N-dealkylation sites (tertiary alicyclic amines) is 1. The number of carbonyl (C=O) groups excluding carboxylic acids is 1. The molecule has 1 unspecified atom stereocenters. The number of aliphatic imine (C=N–C) groups is 1. The molecule has 1 aromatic carbocycles.